The zero-order valence-electron chi connectivity index (χ0n) is 10.2. The van der Waals surface area contributed by atoms with Crippen LogP contribution in [0.15, 0.2) is 33.0 Å². The maximum atomic E-state index is 13.4. The Morgan fingerprint density at radius 2 is 1.86 bits per heavy atom. The molecular formula is C11H6BrCl4FN2S2. The number of halogens is 6. The van der Waals surface area contributed by atoms with Crippen molar-refractivity contribution in [1.29, 1.82) is 0 Å². The summed E-state index contributed by atoms with van der Waals surface area (Å²) >= 11 is 28.5. The molecule has 1 aromatic carbocycles. The Labute approximate surface area is 157 Å². The van der Waals surface area contributed by atoms with Crippen molar-refractivity contribution in [1.82, 2.24) is 9.55 Å². The molecule has 0 N–H and O–H groups in total. The first-order valence-corrected chi connectivity index (χ1v) is 9.59. The lowest BCUT2D eigenvalue weighted by molar-refractivity contribution is 0.515. The van der Waals surface area contributed by atoms with E-state index in [4.69, 9.17) is 46.4 Å². The topological polar surface area (TPSA) is 17.8 Å². The number of aromatic nitrogens is 2. The molecule has 1 heterocycles. The summed E-state index contributed by atoms with van der Waals surface area (Å²) in [7, 11) is 0. The molecular weight excluding hydrogens is 465 g/mol. The van der Waals surface area contributed by atoms with Crippen LogP contribution in [0, 0.1) is 0 Å². The molecule has 10 heteroatoms. The molecule has 0 aliphatic rings. The predicted molar refractivity (Wildman–Crippen MR) is 94.5 cm³/mol. The fourth-order valence-electron chi connectivity index (χ4n) is 1.61. The average Bonchev–Trinajstić information content (AvgIpc) is 2.68. The lowest BCUT2D eigenvalue weighted by atomic mass is 10.3. The molecule has 21 heavy (non-hydrogen) atoms. The van der Waals surface area contributed by atoms with E-state index in [1.165, 1.54) is 18.1 Å². The van der Waals surface area contributed by atoms with Crippen LogP contribution < -0.4 is 0 Å². The second-order valence-corrected chi connectivity index (χ2v) is 9.06. The molecule has 0 atom stereocenters. The van der Waals surface area contributed by atoms with Crippen molar-refractivity contribution >= 4 is 85.9 Å². The first kappa shape index (κ1) is 18.0. The third kappa shape index (κ3) is 4.37. The van der Waals surface area contributed by atoms with Crippen LogP contribution in [0.1, 0.15) is 0 Å². The minimum absolute atomic E-state index is 0.352. The first-order chi connectivity index (χ1) is 9.73. The standard InChI is InChI=1S/C11H6BrCl4FN2S2/c1-20-10-9(21-11(15,16)17)18-4-19(10)8-6(13)2-5(12)3-7(8)14/h2-4H,1H3. The maximum absolute atomic E-state index is 13.4. The summed E-state index contributed by atoms with van der Waals surface area (Å²) in [5, 5.41) is 1.85. The van der Waals surface area contributed by atoms with Crippen LogP contribution in [0.25, 0.3) is 5.69 Å². The van der Waals surface area contributed by atoms with E-state index in [0.29, 0.717) is 37.5 Å². The van der Waals surface area contributed by atoms with Crippen molar-refractivity contribution in [2.24, 2.45) is 0 Å². The van der Waals surface area contributed by atoms with E-state index in [9.17, 15) is 4.39 Å². The molecule has 2 aromatic rings. The monoisotopic (exact) mass is 468 g/mol. The van der Waals surface area contributed by atoms with E-state index >= 15 is 0 Å². The maximum Gasteiger partial charge on any atom is 0.310 e. The van der Waals surface area contributed by atoms with E-state index in [0.717, 1.165) is 4.47 Å². The van der Waals surface area contributed by atoms with E-state index < -0.39 is 3.92 Å². The van der Waals surface area contributed by atoms with Gasteiger partial charge in [0, 0.05) is 4.47 Å². The molecule has 0 amide bonds. The largest absolute Gasteiger partial charge is 0.310 e. The summed E-state index contributed by atoms with van der Waals surface area (Å²) in [6.45, 7) is 0. The molecule has 0 saturated carbocycles. The molecule has 1 aromatic heterocycles. The Morgan fingerprint density at radius 3 is 2.33 bits per heavy atom. The van der Waals surface area contributed by atoms with E-state index in [2.05, 4.69) is 20.9 Å². The molecule has 2 rings (SSSR count). The summed E-state index contributed by atoms with van der Waals surface area (Å²) in [6.07, 6.45) is 3.31. The lowest BCUT2D eigenvalue weighted by Crippen LogP contribution is -1.99. The van der Waals surface area contributed by atoms with E-state index in [-0.39, 0.29) is 0 Å². The Balaban J connectivity index is 2.56. The van der Waals surface area contributed by atoms with Crippen molar-refractivity contribution in [2.75, 3.05) is 6.26 Å². The number of rotatable bonds is 4. The number of imidazole rings is 1. The van der Waals surface area contributed by atoms with Crippen LogP contribution in [0.4, 0.5) is 4.39 Å². The second kappa shape index (κ2) is 7.07. The van der Waals surface area contributed by atoms with Crippen LogP contribution in [-0.4, -0.2) is 19.7 Å². The normalized spacial score (nSPS) is 12.0. The highest BCUT2D eigenvalue weighted by atomic mass is 79.9. The molecule has 0 aliphatic heterocycles. The molecule has 0 fully saturated rings. The Bertz CT molecular complexity index is 652. The summed E-state index contributed by atoms with van der Waals surface area (Å²) in [5.41, 5.74) is 0.554. The number of alkyl halides is 3. The van der Waals surface area contributed by atoms with Gasteiger partial charge in [-0.25, -0.2) is 4.98 Å². The number of nitrogens with zero attached hydrogens (tertiary/aromatic N) is 2. The quantitative estimate of drug-likeness (QED) is 0.361. The van der Waals surface area contributed by atoms with Crippen molar-refractivity contribution in [3.63, 3.8) is 0 Å². The van der Waals surface area contributed by atoms with Gasteiger partial charge >= 0.3 is 3.92 Å². The van der Waals surface area contributed by atoms with Gasteiger partial charge in [0.25, 0.3) is 0 Å². The average molecular weight is 471 g/mol. The number of thioether (sulfide) groups is 2. The first-order valence-electron chi connectivity index (χ1n) is 5.25. The SMILES string of the molecule is CSc1c(SC(F)(Cl)Cl)ncn1-c1c(Cl)cc(Br)cc1Cl. The Hall–Kier alpha value is 0.700. The van der Waals surface area contributed by atoms with Crippen LogP contribution in [0.2, 0.25) is 10.0 Å². The third-order valence-corrected chi connectivity index (χ3v) is 5.45. The third-order valence-electron chi connectivity index (χ3n) is 2.32. The van der Waals surface area contributed by atoms with E-state index in [1.54, 1.807) is 16.7 Å². The predicted octanol–water partition coefficient (Wildman–Crippen LogP) is 6.81. The van der Waals surface area contributed by atoms with Gasteiger partial charge in [0.2, 0.25) is 0 Å². The fraction of sp³-hybridized carbons (Fsp3) is 0.182. The summed E-state index contributed by atoms with van der Waals surface area (Å²) in [5.74, 6) is 0. The molecule has 2 nitrogen and oxygen atoms in total. The molecule has 0 aliphatic carbocycles. The lowest BCUT2D eigenvalue weighted by Gasteiger charge is -2.13. The molecule has 0 radical (unpaired) electrons. The van der Waals surface area contributed by atoms with Gasteiger partial charge in [-0.15, -0.1) is 11.8 Å². The number of benzene rings is 1. The zero-order valence-corrected chi connectivity index (χ0v) is 16.5. The number of hydrogen-bond donors (Lipinski definition) is 0. The van der Waals surface area contributed by atoms with Gasteiger partial charge in [0.15, 0.2) is 0 Å². The van der Waals surface area contributed by atoms with Crippen LogP contribution in [0.5, 0.6) is 0 Å². The Kier molecular flexibility index (Phi) is 6.08. The molecule has 0 spiro atoms. The van der Waals surface area contributed by atoms with Gasteiger partial charge in [0.1, 0.15) is 16.4 Å². The van der Waals surface area contributed by atoms with Crippen molar-refractivity contribution in [2.45, 2.75) is 14.0 Å². The smallest absolute Gasteiger partial charge is 0.290 e. The van der Waals surface area contributed by atoms with Crippen LogP contribution in [-0.2, 0) is 0 Å². The van der Waals surface area contributed by atoms with Crippen molar-refractivity contribution < 1.29 is 4.39 Å². The number of hydrogen-bond acceptors (Lipinski definition) is 3. The van der Waals surface area contributed by atoms with Gasteiger partial charge in [-0.05, 0) is 30.2 Å². The minimum Gasteiger partial charge on any atom is -0.290 e. The van der Waals surface area contributed by atoms with Gasteiger partial charge in [-0.1, -0.05) is 62.3 Å². The van der Waals surface area contributed by atoms with Gasteiger partial charge in [-0.3, -0.25) is 4.57 Å². The molecule has 0 unspecified atom stereocenters. The summed E-state index contributed by atoms with van der Waals surface area (Å²) < 4.78 is 13.4. The van der Waals surface area contributed by atoms with Gasteiger partial charge in [0.05, 0.1) is 15.7 Å². The van der Waals surface area contributed by atoms with Crippen LogP contribution >= 0.6 is 85.9 Å². The highest BCUT2D eigenvalue weighted by Crippen LogP contribution is 2.45. The highest BCUT2D eigenvalue weighted by Gasteiger charge is 2.28. The van der Waals surface area contributed by atoms with Gasteiger partial charge < -0.3 is 0 Å². The Morgan fingerprint density at radius 1 is 1.29 bits per heavy atom. The second-order valence-electron chi connectivity index (χ2n) is 3.69. The summed E-state index contributed by atoms with van der Waals surface area (Å²) in [4.78, 5) is 4.12. The fourth-order valence-corrected chi connectivity index (χ4v) is 4.88. The van der Waals surface area contributed by atoms with E-state index in [1.807, 2.05) is 6.26 Å². The van der Waals surface area contributed by atoms with Crippen molar-refractivity contribution in [3.8, 4) is 5.69 Å². The molecule has 114 valence electrons. The van der Waals surface area contributed by atoms with Gasteiger partial charge in [-0.2, -0.15) is 4.39 Å². The highest BCUT2D eigenvalue weighted by molar-refractivity contribution is 9.10. The van der Waals surface area contributed by atoms with Crippen molar-refractivity contribution in [3.05, 3.63) is 33.0 Å². The molecule has 0 saturated heterocycles. The summed E-state index contributed by atoms with van der Waals surface area (Å²) in [6, 6.07) is 3.42. The zero-order chi connectivity index (χ0) is 15.8. The molecule has 0 bridgehead atoms. The minimum atomic E-state index is -2.46. The van der Waals surface area contributed by atoms with Crippen LogP contribution in [0.3, 0.4) is 0 Å².